The highest BCUT2D eigenvalue weighted by molar-refractivity contribution is 6.10. The van der Waals surface area contributed by atoms with Crippen molar-refractivity contribution in [3.05, 3.63) is 89.0 Å². The fourth-order valence-electron chi connectivity index (χ4n) is 4.24. The number of carbonyl (C=O) groups excluding carboxylic acids is 2. The number of amides is 1. The average Bonchev–Trinajstić information content (AvgIpc) is 3.33. The smallest absolute Gasteiger partial charge is 0.258 e. The Morgan fingerprint density at radius 3 is 2.62 bits per heavy atom. The third-order valence-corrected chi connectivity index (χ3v) is 5.72. The van der Waals surface area contributed by atoms with Crippen LogP contribution in [0.1, 0.15) is 51.1 Å². The first-order chi connectivity index (χ1) is 14.1. The van der Waals surface area contributed by atoms with Crippen molar-refractivity contribution in [1.29, 1.82) is 0 Å². The normalized spacial score (nSPS) is 17.1. The molecule has 2 aliphatic rings. The monoisotopic (exact) mass is 383 g/mol. The molecule has 2 aromatic carbocycles. The molecule has 2 aliphatic heterocycles. The Labute approximate surface area is 169 Å². The highest BCUT2D eigenvalue weighted by Crippen LogP contribution is 2.33. The van der Waals surface area contributed by atoms with Gasteiger partial charge in [-0.3, -0.25) is 9.59 Å². The maximum atomic E-state index is 13.1. The molecule has 5 heteroatoms. The van der Waals surface area contributed by atoms with Gasteiger partial charge in [0, 0.05) is 35.5 Å². The number of para-hydroxylation sites is 1. The number of ketones is 1. The predicted molar refractivity (Wildman–Crippen MR) is 112 cm³/mol. The highest BCUT2D eigenvalue weighted by Gasteiger charge is 2.31. The maximum absolute atomic E-state index is 13.1. The van der Waals surface area contributed by atoms with E-state index >= 15 is 0 Å². The molecule has 3 heterocycles. The van der Waals surface area contributed by atoms with Gasteiger partial charge in [-0.25, -0.2) is 4.98 Å². The molecule has 0 spiro atoms. The van der Waals surface area contributed by atoms with E-state index in [1.54, 1.807) is 30.5 Å². The number of rotatable bonds is 3. The summed E-state index contributed by atoms with van der Waals surface area (Å²) in [6.07, 6.45) is 8.23. The van der Waals surface area contributed by atoms with Crippen molar-refractivity contribution >= 4 is 23.6 Å². The van der Waals surface area contributed by atoms with Gasteiger partial charge < -0.3 is 9.47 Å². The molecule has 5 rings (SSSR count). The van der Waals surface area contributed by atoms with Gasteiger partial charge in [-0.15, -0.1) is 0 Å². The van der Waals surface area contributed by atoms with Crippen LogP contribution in [0.15, 0.2) is 60.8 Å². The maximum Gasteiger partial charge on any atom is 0.258 e. The van der Waals surface area contributed by atoms with Gasteiger partial charge in [0.05, 0.1) is 6.20 Å². The van der Waals surface area contributed by atoms with E-state index in [4.69, 9.17) is 0 Å². The van der Waals surface area contributed by atoms with Crippen LogP contribution in [-0.4, -0.2) is 27.3 Å². The van der Waals surface area contributed by atoms with Crippen molar-refractivity contribution in [2.75, 3.05) is 4.90 Å². The minimum absolute atomic E-state index is 0.0360. The highest BCUT2D eigenvalue weighted by atomic mass is 16.2. The summed E-state index contributed by atoms with van der Waals surface area (Å²) in [6.45, 7) is 2.06. The second-order valence-electron chi connectivity index (χ2n) is 7.62. The number of carbonyl (C=O) groups is 2. The number of nitrogens with zero attached hydrogens (tertiary/aromatic N) is 3. The zero-order chi connectivity index (χ0) is 20.0. The molecular weight excluding hydrogens is 362 g/mol. The van der Waals surface area contributed by atoms with Crippen LogP contribution in [0.4, 0.5) is 5.69 Å². The first-order valence-electron chi connectivity index (χ1n) is 9.92. The van der Waals surface area contributed by atoms with Crippen LogP contribution in [0.3, 0.4) is 0 Å². The molecule has 1 aromatic heterocycles. The summed E-state index contributed by atoms with van der Waals surface area (Å²) in [5.41, 5.74) is 3.86. The van der Waals surface area contributed by atoms with Crippen LogP contribution in [0, 0.1) is 0 Å². The first-order valence-corrected chi connectivity index (χ1v) is 9.92. The zero-order valence-electron chi connectivity index (χ0n) is 16.2. The zero-order valence-corrected chi connectivity index (χ0v) is 16.2. The number of aromatic nitrogens is 2. The summed E-state index contributed by atoms with van der Waals surface area (Å²) in [5, 5.41) is 0. The molecule has 0 N–H and O–H groups in total. The Bertz CT molecular complexity index is 1140. The van der Waals surface area contributed by atoms with Gasteiger partial charge in [0.15, 0.2) is 0 Å². The van der Waals surface area contributed by atoms with E-state index in [-0.39, 0.29) is 17.7 Å². The Hall–Kier alpha value is -3.47. The molecule has 29 heavy (non-hydrogen) atoms. The van der Waals surface area contributed by atoms with E-state index in [1.165, 1.54) is 5.56 Å². The van der Waals surface area contributed by atoms with Gasteiger partial charge in [0.2, 0.25) is 5.78 Å². The SMILES string of the molecule is CC1Cc2ccccc2N1C(=O)c1ccc(C(=O)c2cnc3n2C=CCC3)cc1. The lowest BCUT2D eigenvalue weighted by Gasteiger charge is -2.23. The molecule has 5 nitrogen and oxygen atoms in total. The van der Waals surface area contributed by atoms with Gasteiger partial charge in [0.1, 0.15) is 11.5 Å². The minimum atomic E-state index is -0.0887. The van der Waals surface area contributed by atoms with Gasteiger partial charge in [-0.05, 0) is 43.5 Å². The van der Waals surface area contributed by atoms with Crippen LogP contribution in [0.2, 0.25) is 0 Å². The molecule has 0 aliphatic carbocycles. The van der Waals surface area contributed by atoms with Crippen LogP contribution >= 0.6 is 0 Å². The Kier molecular flexibility index (Phi) is 4.16. The number of benzene rings is 2. The Balaban J connectivity index is 1.41. The lowest BCUT2D eigenvalue weighted by atomic mass is 10.0. The number of aryl methyl sites for hydroxylation is 1. The van der Waals surface area contributed by atoms with Crippen molar-refractivity contribution in [2.45, 2.75) is 32.2 Å². The standard InChI is InChI=1S/C24H21N3O2/c1-16-14-19-6-2-3-7-20(19)27(16)24(29)18-11-9-17(10-12-18)23(28)21-15-25-22-8-4-5-13-26(21)22/h2-3,5-7,9-13,15-16H,4,8,14H2,1H3. The summed E-state index contributed by atoms with van der Waals surface area (Å²) >= 11 is 0. The summed E-state index contributed by atoms with van der Waals surface area (Å²) in [6, 6.07) is 15.1. The number of hydrogen-bond acceptors (Lipinski definition) is 3. The summed E-state index contributed by atoms with van der Waals surface area (Å²) < 4.78 is 1.85. The molecule has 1 atom stereocenters. The molecule has 0 radical (unpaired) electrons. The van der Waals surface area contributed by atoms with Gasteiger partial charge in [-0.2, -0.15) is 0 Å². The van der Waals surface area contributed by atoms with E-state index in [0.29, 0.717) is 16.8 Å². The molecule has 0 fully saturated rings. The second kappa shape index (κ2) is 6.85. The quantitative estimate of drug-likeness (QED) is 0.639. The van der Waals surface area contributed by atoms with E-state index in [2.05, 4.69) is 18.0 Å². The van der Waals surface area contributed by atoms with E-state index in [9.17, 15) is 9.59 Å². The number of allylic oxidation sites excluding steroid dienone is 1. The van der Waals surface area contributed by atoms with Crippen LogP contribution in [-0.2, 0) is 12.8 Å². The molecule has 0 saturated carbocycles. The second-order valence-corrected chi connectivity index (χ2v) is 7.62. The molecular formula is C24H21N3O2. The summed E-state index contributed by atoms with van der Waals surface area (Å²) in [4.78, 5) is 32.3. The van der Waals surface area contributed by atoms with E-state index < -0.39 is 0 Å². The first kappa shape index (κ1) is 17.6. The molecule has 0 bridgehead atoms. The van der Waals surface area contributed by atoms with Crippen LogP contribution in [0.5, 0.6) is 0 Å². The Morgan fingerprint density at radius 2 is 1.79 bits per heavy atom. The van der Waals surface area contributed by atoms with Crippen molar-refractivity contribution in [3.8, 4) is 0 Å². The minimum Gasteiger partial charge on any atom is -0.305 e. The lowest BCUT2D eigenvalue weighted by molar-refractivity contribution is 0.0979. The average molecular weight is 383 g/mol. The third kappa shape index (κ3) is 2.90. The third-order valence-electron chi connectivity index (χ3n) is 5.72. The molecule has 1 amide bonds. The topological polar surface area (TPSA) is 55.2 Å². The number of hydrogen-bond donors (Lipinski definition) is 0. The van der Waals surface area contributed by atoms with E-state index in [0.717, 1.165) is 30.8 Å². The predicted octanol–water partition coefficient (Wildman–Crippen LogP) is 4.12. The van der Waals surface area contributed by atoms with Gasteiger partial charge >= 0.3 is 0 Å². The lowest BCUT2D eigenvalue weighted by Crippen LogP contribution is -2.35. The molecule has 3 aromatic rings. The number of anilines is 1. The van der Waals surface area contributed by atoms with Crippen molar-refractivity contribution in [1.82, 2.24) is 9.55 Å². The van der Waals surface area contributed by atoms with Crippen LogP contribution < -0.4 is 4.90 Å². The van der Waals surface area contributed by atoms with E-state index in [1.807, 2.05) is 39.9 Å². The Morgan fingerprint density at radius 1 is 1.03 bits per heavy atom. The van der Waals surface area contributed by atoms with Gasteiger partial charge in [-0.1, -0.05) is 36.4 Å². The van der Waals surface area contributed by atoms with Crippen LogP contribution in [0.25, 0.3) is 6.20 Å². The number of imidazole rings is 1. The van der Waals surface area contributed by atoms with Gasteiger partial charge in [0.25, 0.3) is 5.91 Å². The molecule has 1 unspecified atom stereocenters. The van der Waals surface area contributed by atoms with Crippen molar-refractivity contribution < 1.29 is 9.59 Å². The number of fused-ring (bicyclic) bond motifs is 2. The molecule has 0 saturated heterocycles. The fourth-order valence-corrected chi connectivity index (χ4v) is 4.24. The van der Waals surface area contributed by atoms with Crippen molar-refractivity contribution in [3.63, 3.8) is 0 Å². The summed E-state index contributed by atoms with van der Waals surface area (Å²) in [5.74, 6) is 0.782. The molecule has 144 valence electrons. The van der Waals surface area contributed by atoms with Crippen molar-refractivity contribution in [2.24, 2.45) is 0 Å². The summed E-state index contributed by atoms with van der Waals surface area (Å²) in [7, 11) is 0. The fraction of sp³-hybridized carbons (Fsp3) is 0.208. The largest absolute Gasteiger partial charge is 0.305 e.